The highest BCUT2D eigenvalue weighted by Crippen LogP contribution is 2.29. The van der Waals surface area contributed by atoms with E-state index in [0.717, 1.165) is 0 Å². The first-order chi connectivity index (χ1) is 3.41. The molecule has 0 radical (unpaired) electrons. The van der Waals surface area contributed by atoms with Crippen molar-refractivity contribution in [1.82, 2.24) is 0 Å². The minimum Gasteiger partial charge on any atom is -0.114 e. The van der Waals surface area contributed by atoms with Gasteiger partial charge in [-0.25, -0.2) is 0 Å². The summed E-state index contributed by atoms with van der Waals surface area (Å²) in [6.45, 7) is 0. The van der Waals surface area contributed by atoms with E-state index in [2.05, 4.69) is 15.9 Å². The summed E-state index contributed by atoms with van der Waals surface area (Å²) >= 11 is 27.1. The Morgan fingerprint density at radius 2 is 1.12 bits per heavy atom. The van der Waals surface area contributed by atoms with Crippen LogP contribution in [0.3, 0.4) is 0 Å². The molecular weight excluding hydrogens is 281 g/mol. The lowest BCUT2D eigenvalue weighted by molar-refractivity contribution is 1.76. The molecule has 0 bridgehead atoms. The fourth-order valence-corrected chi connectivity index (χ4v) is 0. The van der Waals surface area contributed by atoms with Crippen molar-refractivity contribution in [2.75, 3.05) is 4.79 Å². The quantitative estimate of drug-likeness (QED) is 0.586. The predicted octanol–water partition coefficient (Wildman–Crippen LogP) is 4.13. The fraction of sp³-hybridized carbons (Fsp3) is 1.00. The monoisotopic (exact) mass is 280 g/mol. The molecule has 0 fully saturated rings. The molecule has 0 N–H and O–H groups in total. The first kappa shape index (κ1) is 12.6. The zero-order chi connectivity index (χ0) is 7.21. The van der Waals surface area contributed by atoms with Crippen molar-refractivity contribution in [3.8, 4) is 0 Å². The van der Waals surface area contributed by atoms with E-state index in [9.17, 15) is 0 Å². The maximum absolute atomic E-state index is 4.92. The molecule has 0 aromatic heterocycles. The second-order valence-corrected chi connectivity index (χ2v) is 5.43. The van der Waals surface area contributed by atoms with Gasteiger partial charge < -0.3 is 0 Å². The molecule has 0 amide bonds. The molecule has 0 aromatic rings. The van der Waals surface area contributed by atoms with Gasteiger partial charge in [-0.3, -0.25) is 0 Å². The van der Waals surface area contributed by atoms with Crippen LogP contribution in [0.15, 0.2) is 0 Å². The van der Waals surface area contributed by atoms with Crippen LogP contribution >= 0.6 is 73.9 Å². The van der Waals surface area contributed by atoms with Crippen molar-refractivity contribution < 1.29 is 0 Å². The van der Waals surface area contributed by atoms with Crippen LogP contribution in [0, 0.1) is 0 Å². The Bertz CT molecular complexity index is 34.2. The molecule has 0 saturated heterocycles. The molecule has 0 spiro atoms. The topological polar surface area (TPSA) is 0 Å². The second-order valence-electron chi connectivity index (χ2n) is 0.530. The van der Waals surface area contributed by atoms with Gasteiger partial charge >= 0.3 is 0 Å². The van der Waals surface area contributed by atoms with Gasteiger partial charge in [-0.15, -0.1) is 11.6 Å². The third-order valence-electron chi connectivity index (χ3n) is 0. The first-order valence-electron chi connectivity index (χ1n) is 1.29. The highest BCUT2D eigenvalue weighted by molar-refractivity contribution is 9.09. The van der Waals surface area contributed by atoms with Crippen molar-refractivity contribution in [3.05, 3.63) is 0 Å². The SMILES string of the molecule is ClC(Cl)(Cl)Cl.ClCBr. The molecule has 0 heterocycles. The van der Waals surface area contributed by atoms with Crippen molar-refractivity contribution in [3.63, 3.8) is 0 Å². The molecule has 52 valence electrons. The minimum absolute atomic E-state index is 0.535. The van der Waals surface area contributed by atoms with Crippen LogP contribution in [0.5, 0.6) is 0 Å². The largest absolute Gasteiger partial charge is 0.266 e. The standard InChI is InChI=1S/CH2BrCl.CCl4/c2-1-3;2-1(3,4)5/h1H2;. The summed E-state index contributed by atoms with van der Waals surface area (Å²) in [5.74, 6) is 0. The van der Waals surface area contributed by atoms with Gasteiger partial charge in [-0.2, -0.15) is 0 Å². The first-order valence-corrected chi connectivity index (χ1v) is 4.46. The molecule has 0 aliphatic carbocycles. The van der Waals surface area contributed by atoms with Crippen LogP contribution in [0.4, 0.5) is 0 Å². The highest BCUT2D eigenvalue weighted by atomic mass is 79.9. The van der Waals surface area contributed by atoms with E-state index >= 15 is 0 Å². The predicted molar refractivity (Wildman–Crippen MR) is 45.8 cm³/mol. The molecule has 0 saturated carbocycles. The Labute approximate surface area is 81.5 Å². The zero-order valence-corrected chi connectivity index (χ0v) is 8.84. The molecule has 0 aliphatic heterocycles. The normalized spacial score (nSPS) is 9.75. The van der Waals surface area contributed by atoms with E-state index in [0.29, 0.717) is 4.79 Å². The molecular formula is C2H2BrCl5. The molecule has 0 rings (SSSR count). The van der Waals surface area contributed by atoms with Crippen molar-refractivity contribution >= 4 is 73.9 Å². The van der Waals surface area contributed by atoms with Gasteiger partial charge in [0.1, 0.15) is 0 Å². The summed E-state index contributed by atoms with van der Waals surface area (Å²) < 4.78 is -1.61. The number of alkyl halides is 6. The number of hydrogen-bond acceptors (Lipinski definition) is 0. The van der Waals surface area contributed by atoms with Crippen LogP contribution in [0.25, 0.3) is 0 Å². The summed E-state index contributed by atoms with van der Waals surface area (Å²) in [5.41, 5.74) is 0. The van der Waals surface area contributed by atoms with E-state index in [1.807, 2.05) is 0 Å². The average molecular weight is 283 g/mol. The van der Waals surface area contributed by atoms with Crippen LogP contribution in [-0.4, -0.2) is 8.04 Å². The van der Waals surface area contributed by atoms with Crippen LogP contribution < -0.4 is 0 Å². The Balaban J connectivity index is 0. The van der Waals surface area contributed by atoms with Gasteiger partial charge in [0, 0.05) is 0 Å². The molecule has 8 heavy (non-hydrogen) atoms. The third-order valence-corrected chi connectivity index (χ3v) is 0. The third kappa shape index (κ3) is 102. The van der Waals surface area contributed by atoms with E-state index in [-0.39, 0.29) is 0 Å². The number of rotatable bonds is 0. The van der Waals surface area contributed by atoms with E-state index in [1.165, 1.54) is 0 Å². The molecule has 6 heteroatoms. The van der Waals surface area contributed by atoms with Gasteiger partial charge in [0.15, 0.2) is 0 Å². The van der Waals surface area contributed by atoms with Crippen LogP contribution in [-0.2, 0) is 0 Å². The summed E-state index contributed by atoms with van der Waals surface area (Å²) in [6.07, 6.45) is 0. The number of hydrogen-bond donors (Lipinski definition) is 0. The van der Waals surface area contributed by atoms with E-state index < -0.39 is 3.25 Å². The lowest BCUT2D eigenvalue weighted by Crippen LogP contribution is -1.81. The Hall–Kier alpha value is 1.93. The van der Waals surface area contributed by atoms with E-state index in [1.54, 1.807) is 0 Å². The maximum atomic E-state index is 4.92. The molecule has 0 aliphatic rings. The lowest BCUT2D eigenvalue weighted by Gasteiger charge is -1.91. The van der Waals surface area contributed by atoms with Gasteiger partial charge in [0.05, 0.1) is 4.79 Å². The van der Waals surface area contributed by atoms with Gasteiger partial charge in [-0.05, 0) is 0 Å². The Kier molecular flexibility index (Phi) is 11.1. The molecule has 0 aromatic carbocycles. The summed E-state index contributed by atoms with van der Waals surface area (Å²) in [7, 11) is 0. The van der Waals surface area contributed by atoms with Gasteiger partial charge in [0.2, 0.25) is 0 Å². The number of halogens is 6. The van der Waals surface area contributed by atoms with Gasteiger partial charge in [0.25, 0.3) is 3.25 Å². The van der Waals surface area contributed by atoms with Gasteiger partial charge in [-0.1, -0.05) is 62.3 Å². The molecule has 0 nitrogen and oxygen atoms in total. The fourth-order valence-electron chi connectivity index (χ4n) is 0. The van der Waals surface area contributed by atoms with Crippen molar-refractivity contribution in [1.29, 1.82) is 0 Å². The Morgan fingerprint density at radius 1 is 1.12 bits per heavy atom. The zero-order valence-electron chi connectivity index (χ0n) is 3.47. The second kappa shape index (κ2) is 7.04. The lowest BCUT2D eigenvalue weighted by atomic mass is 11.8. The van der Waals surface area contributed by atoms with Crippen molar-refractivity contribution in [2.45, 2.75) is 3.25 Å². The van der Waals surface area contributed by atoms with Crippen molar-refractivity contribution in [2.24, 2.45) is 0 Å². The average Bonchev–Trinajstić information content (AvgIpc) is 1.27. The van der Waals surface area contributed by atoms with E-state index in [4.69, 9.17) is 58.0 Å². The maximum Gasteiger partial charge on any atom is 0.266 e. The highest BCUT2D eigenvalue weighted by Gasteiger charge is 2.11. The molecule has 0 unspecified atom stereocenters. The summed E-state index contributed by atoms with van der Waals surface area (Å²) in [5, 5.41) is 0. The van der Waals surface area contributed by atoms with Crippen LogP contribution in [0.1, 0.15) is 0 Å². The summed E-state index contributed by atoms with van der Waals surface area (Å²) in [4.78, 5) is 0.535. The minimum atomic E-state index is -1.61. The Morgan fingerprint density at radius 3 is 1.12 bits per heavy atom. The summed E-state index contributed by atoms with van der Waals surface area (Å²) in [6, 6.07) is 0. The smallest absolute Gasteiger partial charge is 0.114 e. The molecule has 0 atom stereocenters. The van der Waals surface area contributed by atoms with Crippen LogP contribution in [0.2, 0.25) is 0 Å².